The Labute approximate surface area is 90.6 Å². The largest absolute Gasteiger partial charge is 0.487 e. The van der Waals surface area contributed by atoms with Gasteiger partial charge in [-0.05, 0) is 32.7 Å². The molecule has 2 rings (SSSR count). The van der Waals surface area contributed by atoms with Gasteiger partial charge in [0.2, 0.25) is 0 Å². The van der Waals surface area contributed by atoms with Crippen LogP contribution in [0.15, 0.2) is 12.4 Å². The van der Waals surface area contributed by atoms with E-state index in [4.69, 9.17) is 4.74 Å². The van der Waals surface area contributed by atoms with Crippen LogP contribution in [0.1, 0.15) is 32.1 Å². The van der Waals surface area contributed by atoms with Crippen molar-refractivity contribution < 1.29 is 4.74 Å². The molecule has 0 bridgehead atoms. The zero-order chi connectivity index (χ0) is 10.5. The fraction of sp³-hybridized carbons (Fsp3) is 0.727. The average molecular weight is 209 g/mol. The lowest BCUT2D eigenvalue weighted by Crippen LogP contribution is -2.19. The predicted molar refractivity (Wildman–Crippen MR) is 58.8 cm³/mol. The second-order valence-corrected chi connectivity index (χ2v) is 4.11. The Morgan fingerprint density at radius 2 is 2.27 bits per heavy atom. The standard InChI is InChI=1S/C11H19N3O/c1-12-9-14-8-11(7-13-14)15-10-5-3-2-4-6-10/h7-8,10,12H,2-6,9H2,1H3. The van der Waals surface area contributed by atoms with Gasteiger partial charge >= 0.3 is 0 Å². The fourth-order valence-electron chi connectivity index (χ4n) is 2.03. The summed E-state index contributed by atoms with van der Waals surface area (Å²) in [6.07, 6.45) is 10.5. The molecule has 1 N–H and O–H groups in total. The van der Waals surface area contributed by atoms with Crippen molar-refractivity contribution in [2.24, 2.45) is 0 Å². The molecule has 0 aliphatic heterocycles. The van der Waals surface area contributed by atoms with Crippen LogP contribution in [-0.4, -0.2) is 22.9 Å². The van der Waals surface area contributed by atoms with Crippen molar-refractivity contribution in [2.75, 3.05) is 7.05 Å². The number of hydrogen-bond donors (Lipinski definition) is 1. The topological polar surface area (TPSA) is 39.1 Å². The SMILES string of the molecule is CNCn1cc(OC2CCCCC2)cn1. The lowest BCUT2D eigenvalue weighted by molar-refractivity contribution is 0.155. The zero-order valence-electron chi connectivity index (χ0n) is 9.28. The summed E-state index contributed by atoms with van der Waals surface area (Å²) in [5.41, 5.74) is 0. The maximum atomic E-state index is 5.87. The number of rotatable bonds is 4. The van der Waals surface area contributed by atoms with Gasteiger partial charge in [0, 0.05) is 0 Å². The van der Waals surface area contributed by atoms with Crippen molar-refractivity contribution in [1.82, 2.24) is 15.1 Å². The van der Waals surface area contributed by atoms with Crippen molar-refractivity contribution in [2.45, 2.75) is 44.9 Å². The van der Waals surface area contributed by atoms with Gasteiger partial charge in [-0.25, -0.2) is 0 Å². The molecule has 0 atom stereocenters. The molecule has 0 radical (unpaired) electrons. The maximum Gasteiger partial charge on any atom is 0.157 e. The van der Waals surface area contributed by atoms with Crippen molar-refractivity contribution in [3.63, 3.8) is 0 Å². The molecule has 84 valence electrons. The Morgan fingerprint density at radius 3 is 3.00 bits per heavy atom. The molecule has 1 heterocycles. The molecule has 15 heavy (non-hydrogen) atoms. The minimum absolute atomic E-state index is 0.408. The van der Waals surface area contributed by atoms with E-state index in [1.165, 1.54) is 32.1 Å². The van der Waals surface area contributed by atoms with Crippen LogP contribution in [-0.2, 0) is 6.67 Å². The molecule has 0 saturated heterocycles. The average Bonchev–Trinajstić information content (AvgIpc) is 2.68. The Kier molecular flexibility index (Phi) is 3.61. The number of nitrogens with zero attached hydrogens (tertiary/aromatic N) is 2. The van der Waals surface area contributed by atoms with Gasteiger partial charge in [0.05, 0.1) is 25.2 Å². The molecular weight excluding hydrogens is 190 g/mol. The van der Waals surface area contributed by atoms with Gasteiger partial charge in [0.1, 0.15) is 0 Å². The minimum atomic E-state index is 0.408. The first kappa shape index (κ1) is 10.5. The third-order valence-electron chi connectivity index (χ3n) is 2.78. The summed E-state index contributed by atoms with van der Waals surface area (Å²) in [5, 5.41) is 7.25. The second kappa shape index (κ2) is 5.16. The summed E-state index contributed by atoms with van der Waals surface area (Å²) in [4.78, 5) is 0. The van der Waals surface area contributed by atoms with Gasteiger partial charge in [0.15, 0.2) is 5.75 Å². The van der Waals surface area contributed by atoms with Crippen LogP contribution in [0.3, 0.4) is 0 Å². The lowest BCUT2D eigenvalue weighted by Gasteiger charge is -2.21. The Balaban J connectivity index is 1.86. The Bertz CT molecular complexity index is 292. The van der Waals surface area contributed by atoms with E-state index in [9.17, 15) is 0 Å². The molecule has 0 aromatic carbocycles. The third kappa shape index (κ3) is 2.96. The van der Waals surface area contributed by atoms with Crippen molar-refractivity contribution in [1.29, 1.82) is 0 Å². The van der Waals surface area contributed by atoms with Gasteiger partial charge in [-0.1, -0.05) is 6.42 Å². The maximum absolute atomic E-state index is 5.87. The molecule has 1 fully saturated rings. The van der Waals surface area contributed by atoms with Gasteiger partial charge in [-0.15, -0.1) is 0 Å². The predicted octanol–water partition coefficient (Wildman–Crippen LogP) is 1.77. The van der Waals surface area contributed by atoms with Crippen LogP contribution >= 0.6 is 0 Å². The molecule has 4 heteroatoms. The first-order chi connectivity index (χ1) is 7.38. The van der Waals surface area contributed by atoms with Crippen LogP contribution in [0.4, 0.5) is 0 Å². The molecule has 1 saturated carbocycles. The normalized spacial score (nSPS) is 17.9. The highest BCUT2D eigenvalue weighted by molar-refractivity contribution is 5.12. The van der Waals surface area contributed by atoms with Gasteiger partial charge in [-0.2, -0.15) is 5.10 Å². The van der Waals surface area contributed by atoms with E-state index in [2.05, 4.69) is 10.4 Å². The van der Waals surface area contributed by atoms with E-state index in [0.717, 1.165) is 12.4 Å². The number of hydrogen-bond acceptors (Lipinski definition) is 3. The van der Waals surface area contributed by atoms with Crippen molar-refractivity contribution in [3.05, 3.63) is 12.4 Å². The summed E-state index contributed by atoms with van der Waals surface area (Å²) < 4.78 is 7.72. The molecule has 0 spiro atoms. The zero-order valence-corrected chi connectivity index (χ0v) is 9.28. The van der Waals surface area contributed by atoms with E-state index in [1.54, 1.807) is 6.20 Å². The van der Waals surface area contributed by atoms with Crippen molar-refractivity contribution >= 4 is 0 Å². The second-order valence-electron chi connectivity index (χ2n) is 4.11. The van der Waals surface area contributed by atoms with E-state index >= 15 is 0 Å². The summed E-state index contributed by atoms with van der Waals surface area (Å²) in [5.74, 6) is 0.900. The summed E-state index contributed by atoms with van der Waals surface area (Å²) >= 11 is 0. The smallest absolute Gasteiger partial charge is 0.157 e. The highest BCUT2D eigenvalue weighted by atomic mass is 16.5. The van der Waals surface area contributed by atoms with E-state index in [1.807, 2.05) is 17.9 Å². The minimum Gasteiger partial charge on any atom is -0.487 e. The molecular formula is C11H19N3O. The van der Waals surface area contributed by atoms with Gasteiger partial charge < -0.3 is 10.1 Å². The molecule has 1 aliphatic rings. The molecule has 0 unspecified atom stereocenters. The molecule has 1 aromatic heterocycles. The molecule has 1 aliphatic carbocycles. The number of nitrogens with one attached hydrogen (secondary N) is 1. The number of aromatic nitrogens is 2. The van der Waals surface area contributed by atoms with E-state index in [-0.39, 0.29) is 0 Å². The third-order valence-corrected chi connectivity index (χ3v) is 2.78. The first-order valence-corrected chi connectivity index (χ1v) is 5.72. The molecule has 4 nitrogen and oxygen atoms in total. The van der Waals surface area contributed by atoms with Crippen LogP contribution in [0.2, 0.25) is 0 Å². The summed E-state index contributed by atoms with van der Waals surface area (Å²) in [6.45, 7) is 0.730. The Hall–Kier alpha value is -1.03. The monoisotopic (exact) mass is 209 g/mol. The summed E-state index contributed by atoms with van der Waals surface area (Å²) in [6, 6.07) is 0. The van der Waals surface area contributed by atoms with Gasteiger partial charge in [-0.3, -0.25) is 4.68 Å². The lowest BCUT2D eigenvalue weighted by atomic mass is 9.98. The molecule has 0 amide bonds. The Morgan fingerprint density at radius 1 is 1.47 bits per heavy atom. The highest BCUT2D eigenvalue weighted by Crippen LogP contribution is 2.22. The van der Waals surface area contributed by atoms with Crippen LogP contribution in [0.5, 0.6) is 5.75 Å². The quantitative estimate of drug-likeness (QED) is 0.821. The van der Waals surface area contributed by atoms with Crippen LogP contribution in [0.25, 0.3) is 0 Å². The van der Waals surface area contributed by atoms with Crippen LogP contribution in [0, 0.1) is 0 Å². The van der Waals surface area contributed by atoms with E-state index < -0.39 is 0 Å². The van der Waals surface area contributed by atoms with Crippen LogP contribution < -0.4 is 10.1 Å². The molecule has 1 aromatic rings. The number of ether oxygens (including phenoxy) is 1. The summed E-state index contributed by atoms with van der Waals surface area (Å²) in [7, 11) is 1.91. The first-order valence-electron chi connectivity index (χ1n) is 5.72. The van der Waals surface area contributed by atoms with Gasteiger partial charge in [0.25, 0.3) is 0 Å². The highest BCUT2D eigenvalue weighted by Gasteiger charge is 2.15. The van der Waals surface area contributed by atoms with Crippen molar-refractivity contribution in [3.8, 4) is 5.75 Å². The van der Waals surface area contributed by atoms with E-state index in [0.29, 0.717) is 6.10 Å². The fourth-order valence-corrected chi connectivity index (χ4v) is 2.03.